The summed E-state index contributed by atoms with van der Waals surface area (Å²) < 4.78 is 38.9. The van der Waals surface area contributed by atoms with E-state index in [-0.39, 0.29) is 18.7 Å². The second kappa shape index (κ2) is 9.52. The Bertz CT molecular complexity index is 1150. The summed E-state index contributed by atoms with van der Waals surface area (Å²) in [6.07, 6.45) is 0.602. The Labute approximate surface area is 201 Å². The van der Waals surface area contributed by atoms with Crippen molar-refractivity contribution >= 4 is 23.6 Å². The van der Waals surface area contributed by atoms with Gasteiger partial charge in [0.15, 0.2) is 0 Å². The minimum absolute atomic E-state index is 0.0112. The Kier molecular flexibility index (Phi) is 6.64. The minimum atomic E-state index is -1.34. The molecule has 0 aromatic heterocycles. The summed E-state index contributed by atoms with van der Waals surface area (Å²) >= 11 is 0. The predicted octanol–water partition coefficient (Wildman–Crippen LogP) is 3.36. The van der Waals surface area contributed by atoms with Gasteiger partial charge in [-0.25, -0.2) is 18.4 Å². The second-order valence-corrected chi connectivity index (χ2v) is 9.00. The summed E-state index contributed by atoms with van der Waals surface area (Å²) in [5.74, 6) is -2.50. The SMILES string of the molecule is CCOC(=O)C(C)(C)N1CC(c2cc3c(cc2F)OCC3)C(NC(=O)Nc2ccc(F)cc2)C1=O. The molecule has 0 radical (unpaired) electrons. The number of carbonyl (C=O) groups is 3. The first-order valence-electron chi connectivity index (χ1n) is 11.4. The molecule has 0 saturated carbocycles. The molecule has 2 atom stereocenters. The van der Waals surface area contributed by atoms with E-state index in [9.17, 15) is 18.8 Å². The maximum absolute atomic E-state index is 15.2. The first-order valence-corrected chi connectivity index (χ1v) is 11.4. The highest BCUT2D eigenvalue weighted by Crippen LogP contribution is 2.38. The van der Waals surface area contributed by atoms with Crippen LogP contribution >= 0.6 is 0 Å². The molecule has 0 spiro atoms. The van der Waals surface area contributed by atoms with Gasteiger partial charge in [0.05, 0.1) is 13.2 Å². The number of halogens is 2. The van der Waals surface area contributed by atoms with E-state index < -0.39 is 47.0 Å². The fraction of sp³-hybridized carbons (Fsp3) is 0.400. The molecule has 2 aromatic carbocycles. The van der Waals surface area contributed by atoms with Gasteiger partial charge in [-0.3, -0.25) is 4.79 Å². The summed E-state index contributed by atoms with van der Waals surface area (Å²) in [7, 11) is 0. The Morgan fingerprint density at radius 2 is 1.91 bits per heavy atom. The molecule has 3 amide bonds. The molecule has 186 valence electrons. The molecule has 2 aliphatic rings. The maximum Gasteiger partial charge on any atom is 0.331 e. The molecule has 4 rings (SSSR count). The molecule has 1 saturated heterocycles. The fourth-order valence-corrected chi connectivity index (χ4v) is 4.44. The number of benzene rings is 2. The third kappa shape index (κ3) is 4.78. The zero-order valence-corrected chi connectivity index (χ0v) is 19.7. The van der Waals surface area contributed by atoms with Gasteiger partial charge in [0.1, 0.15) is 29.0 Å². The smallest absolute Gasteiger partial charge is 0.331 e. The van der Waals surface area contributed by atoms with Crippen molar-refractivity contribution in [1.82, 2.24) is 10.2 Å². The Hall–Kier alpha value is -3.69. The fourth-order valence-electron chi connectivity index (χ4n) is 4.44. The van der Waals surface area contributed by atoms with Crippen molar-refractivity contribution in [2.45, 2.75) is 44.7 Å². The lowest BCUT2D eigenvalue weighted by molar-refractivity contribution is -0.160. The van der Waals surface area contributed by atoms with Gasteiger partial charge < -0.3 is 25.0 Å². The van der Waals surface area contributed by atoms with Crippen LogP contribution in [0.25, 0.3) is 0 Å². The lowest BCUT2D eigenvalue weighted by Crippen LogP contribution is -2.54. The summed E-state index contributed by atoms with van der Waals surface area (Å²) in [6.45, 7) is 5.32. The van der Waals surface area contributed by atoms with Gasteiger partial charge >= 0.3 is 12.0 Å². The Morgan fingerprint density at radius 1 is 1.20 bits per heavy atom. The molecule has 8 nitrogen and oxygen atoms in total. The van der Waals surface area contributed by atoms with Crippen LogP contribution in [0.15, 0.2) is 36.4 Å². The average molecular weight is 488 g/mol. The molecule has 2 heterocycles. The molecule has 10 heteroatoms. The first-order chi connectivity index (χ1) is 16.6. The van der Waals surface area contributed by atoms with E-state index >= 15 is 4.39 Å². The number of carbonyl (C=O) groups excluding carboxylic acids is 3. The quantitative estimate of drug-likeness (QED) is 0.609. The molecular formula is C25H27F2N3O5. The zero-order valence-electron chi connectivity index (χ0n) is 19.7. The van der Waals surface area contributed by atoms with Crippen molar-refractivity contribution in [1.29, 1.82) is 0 Å². The molecule has 2 aromatic rings. The van der Waals surface area contributed by atoms with E-state index in [1.54, 1.807) is 26.8 Å². The van der Waals surface area contributed by atoms with Crippen LogP contribution in [0.2, 0.25) is 0 Å². The largest absolute Gasteiger partial charge is 0.493 e. The van der Waals surface area contributed by atoms with Crippen LogP contribution in [-0.4, -0.2) is 54.1 Å². The number of hydrogen-bond acceptors (Lipinski definition) is 5. The monoisotopic (exact) mass is 487 g/mol. The van der Waals surface area contributed by atoms with Crippen molar-refractivity contribution in [3.05, 3.63) is 59.2 Å². The van der Waals surface area contributed by atoms with Crippen LogP contribution in [0.5, 0.6) is 5.75 Å². The van der Waals surface area contributed by atoms with Gasteiger partial charge in [0.2, 0.25) is 5.91 Å². The summed E-state index contributed by atoms with van der Waals surface area (Å²) in [4.78, 5) is 40.2. The number of nitrogens with zero attached hydrogens (tertiary/aromatic N) is 1. The number of fused-ring (bicyclic) bond motifs is 1. The Balaban J connectivity index is 1.65. The van der Waals surface area contributed by atoms with E-state index in [0.717, 1.165) is 5.56 Å². The van der Waals surface area contributed by atoms with Gasteiger partial charge in [-0.05, 0) is 62.2 Å². The van der Waals surface area contributed by atoms with Crippen LogP contribution in [0.1, 0.15) is 37.8 Å². The van der Waals surface area contributed by atoms with E-state index in [4.69, 9.17) is 9.47 Å². The summed E-state index contributed by atoms with van der Waals surface area (Å²) in [6, 6.07) is 6.19. The van der Waals surface area contributed by atoms with E-state index in [2.05, 4.69) is 10.6 Å². The molecule has 2 N–H and O–H groups in total. The normalized spacial score (nSPS) is 19.2. The zero-order chi connectivity index (χ0) is 25.3. The number of esters is 1. The first kappa shape index (κ1) is 24.4. The van der Waals surface area contributed by atoms with Gasteiger partial charge in [-0.2, -0.15) is 0 Å². The van der Waals surface area contributed by atoms with Gasteiger partial charge in [0, 0.05) is 30.6 Å². The molecule has 0 bridgehead atoms. The number of rotatable bonds is 6. The third-order valence-electron chi connectivity index (χ3n) is 6.36. The molecule has 35 heavy (non-hydrogen) atoms. The highest BCUT2D eigenvalue weighted by molar-refractivity contribution is 5.97. The number of anilines is 1. The van der Waals surface area contributed by atoms with Crippen LogP contribution in [0.4, 0.5) is 19.3 Å². The van der Waals surface area contributed by atoms with Gasteiger partial charge in [-0.15, -0.1) is 0 Å². The number of nitrogens with one attached hydrogen (secondary N) is 2. The lowest BCUT2D eigenvalue weighted by atomic mass is 9.91. The van der Waals surface area contributed by atoms with Crippen molar-refractivity contribution in [3.8, 4) is 5.75 Å². The van der Waals surface area contributed by atoms with Crippen molar-refractivity contribution < 1.29 is 32.6 Å². The number of amides is 3. The topological polar surface area (TPSA) is 97.0 Å². The molecular weight excluding hydrogens is 460 g/mol. The molecule has 1 fully saturated rings. The van der Waals surface area contributed by atoms with Crippen molar-refractivity contribution in [2.75, 3.05) is 25.1 Å². The number of hydrogen-bond donors (Lipinski definition) is 2. The summed E-state index contributed by atoms with van der Waals surface area (Å²) in [5.41, 5.74) is 0.0321. The number of likely N-dealkylation sites (tertiary alicyclic amines) is 1. The predicted molar refractivity (Wildman–Crippen MR) is 123 cm³/mol. The third-order valence-corrected chi connectivity index (χ3v) is 6.36. The van der Waals surface area contributed by atoms with Gasteiger partial charge in [-0.1, -0.05) is 0 Å². The molecule has 2 aliphatic heterocycles. The number of ether oxygens (including phenoxy) is 2. The molecule has 0 aliphatic carbocycles. The minimum Gasteiger partial charge on any atom is -0.493 e. The van der Waals surface area contributed by atoms with Crippen LogP contribution in [-0.2, 0) is 20.7 Å². The summed E-state index contributed by atoms with van der Waals surface area (Å²) in [5, 5.41) is 5.17. The Morgan fingerprint density at radius 3 is 2.60 bits per heavy atom. The molecule has 2 unspecified atom stereocenters. The van der Waals surface area contributed by atoms with E-state index in [0.29, 0.717) is 24.5 Å². The second-order valence-electron chi connectivity index (χ2n) is 9.00. The van der Waals surface area contributed by atoms with E-state index in [1.165, 1.54) is 35.2 Å². The highest BCUT2D eigenvalue weighted by atomic mass is 19.1. The maximum atomic E-state index is 15.2. The van der Waals surface area contributed by atoms with Crippen molar-refractivity contribution in [3.63, 3.8) is 0 Å². The average Bonchev–Trinajstić information content (AvgIpc) is 3.39. The highest BCUT2D eigenvalue weighted by Gasteiger charge is 2.51. The number of urea groups is 1. The van der Waals surface area contributed by atoms with Crippen LogP contribution in [0.3, 0.4) is 0 Å². The van der Waals surface area contributed by atoms with Crippen molar-refractivity contribution in [2.24, 2.45) is 0 Å². The standard InChI is InChI=1S/C25H27F2N3O5/c1-4-34-23(32)25(2,3)30-13-18(17-11-14-9-10-35-20(14)12-19(17)27)21(22(30)31)29-24(33)28-16-7-5-15(26)6-8-16/h5-8,11-12,18,21H,4,9-10,13H2,1-3H3,(H2,28,29,33). The lowest BCUT2D eigenvalue weighted by Gasteiger charge is -2.33. The van der Waals surface area contributed by atoms with E-state index in [1.807, 2.05) is 0 Å². The van der Waals surface area contributed by atoms with Gasteiger partial charge in [0.25, 0.3) is 0 Å². The van der Waals surface area contributed by atoms with Crippen LogP contribution in [0, 0.1) is 11.6 Å². The van der Waals surface area contributed by atoms with Crippen LogP contribution < -0.4 is 15.4 Å².